The minimum Gasteiger partial charge on any atom is -0.392 e. The molecular formula is C44H42N4O7. The first-order valence-electron chi connectivity index (χ1n) is 18.6. The average molecular weight is 739 g/mol. The summed E-state index contributed by atoms with van der Waals surface area (Å²) in [5, 5.41) is 20.8. The highest BCUT2D eigenvalue weighted by Gasteiger charge is 2.40. The number of rotatable bonds is 10. The number of carbonyl (C=O) groups excluding carboxylic acids is 2. The zero-order valence-corrected chi connectivity index (χ0v) is 30.5. The fraction of sp³-hybridized carbons (Fsp3) is 0.273. The molecule has 0 saturated carbocycles. The SMILES string of the molecule is C[C@@H]1[C@H](CN2CCN(c3ccc([N+](=O)[O-])cc3)CC2)O[C@H](c2ccc(-c3ccccc3CN3C(=O)c4ccccc4C3=O)cc2)O[C@@H]1c1ccc(CO)cc1. The van der Waals surface area contributed by atoms with Gasteiger partial charge in [0.25, 0.3) is 17.5 Å². The predicted molar refractivity (Wildman–Crippen MR) is 207 cm³/mol. The summed E-state index contributed by atoms with van der Waals surface area (Å²) < 4.78 is 13.5. The fourth-order valence-electron chi connectivity index (χ4n) is 7.87. The van der Waals surface area contributed by atoms with Crippen LogP contribution in [0.25, 0.3) is 11.1 Å². The molecule has 5 aromatic rings. The quantitative estimate of drug-likeness (QED) is 0.0903. The minimum absolute atomic E-state index is 0.0252. The number of ether oxygens (including phenoxy) is 2. The van der Waals surface area contributed by atoms with Crippen LogP contribution in [-0.4, -0.2) is 70.5 Å². The summed E-state index contributed by atoms with van der Waals surface area (Å²) in [6.07, 6.45) is -1.03. The molecule has 55 heavy (non-hydrogen) atoms. The largest absolute Gasteiger partial charge is 0.392 e. The van der Waals surface area contributed by atoms with Crippen molar-refractivity contribution in [3.63, 3.8) is 0 Å². The van der Waals surface area contributed by atoms with Crippen LogP contribution >= 0.6 is 0 Å². The first-order valence-corrected chi connectivity index (χ1v) is 18.6. The van der Waals surface area contributed by atoms with E-state index < -0.39 is 6.29 Å². The Bertz CT molecular complexity index is 2150. The van der Waals surface area contributed by atoms with Crippen molar-refractivity contribution in [3.8, 4) is 11.1 Å². The van der Waals surface area contributed by atoms with E-state index >= 15 is 0 Å². The third-order valence-electron chi connectivity index (χ3n) is 11.1. The van der Waals surface area contributed by atoms with Crippen molar-refractivity contribution in [2.24, 2.45) is 5.92 Å². The van der Waals surface area contributed by atoms with Crippen molar-refractivity contribution < 1.29 is 29.1 Å². The molecule has 2 saturated heterocycles. The number of fused-ring (bicyclic) bond motifs is 1. The number of aliphatic hydroxyl groups excluding tert-OH is 1. The smallest absolute Gasteiger partial charge is 0.269 e. The van der Waals surface area contributed by atoms with Gasteiger partial charge in [0.2, 0.25) is 0 Å². The van der Waals surface area contributed by atoms with E-state index in [1.165, 1.54) is 4.90 Å². The van der Waals surface area contributed by atoms with Gasteiger partial charge in [0.05, 0.1) is 41.4 Å². The number of nitro groups is 1. The third-order valence-corrected chi connectivity index (χ3v) is 11.1. The third kappa shape index (κ3) is 7.39. The van der Waals surface area contributed by atoms with Crippen LogP contribution in [0.2, 0.25) is 0 Å². The molecule has 0 bridgehead atoms. The zero-order chi connectivity index (χ0) is 38.1. The number of piperazine rings is 1. The van der Waals surface area contributed by atoms with Gasteiger partial charge in [-0.25, -0.2) is 0 Å². The Morgan fingerprint density at radius 2 is 1.33 bits per heavy atom. The lowest BCUT2D eigenvalue weighted by Gasteiger charge is -2.44. The fourth-order valence-corrected chi connectivity index (χ4v) is 7.87. The maximum atomic E-state index is 13.2. The highest BCUT2D eigenvalue weighted by atomic mass is 16.7. The number of benzene rings is 5. The summed E-state index contributed by atoms with van der Waals surface area (Å²) in [6.45, 7) is 6.23. The Labute approximate surface area is 319 Å². The van der Waals surface area contributed by atoms with Crippen LogP contribution in [0.3, 0.4) is 0 Å². The summed E-state index contributed by atoms with van der Waals surface area (Å²) in [4.78, 5) is 43.0. The molecule has 4 atom stereocenters. The lowest BCUT2D eigenvalue weighted by molar-refractivity contribution is -0.384. The lowest BCUT2D eigenvalue weighted by Crippen LogP contribution is -2.51. The molecule has 3 heterocycles. The topological polar surface area (TPSA) is 126 Å². The van der Waals surface area contributed by atoms with E-state index in [9.17, 15) is 24.8 Å². The molecule has 0 unspecified atom stereocenters. The van der Waals surface area contributed by atoms with E-state index in [2.05, 4.69) is 16.7 Å². The Hall–Kier alpha value is -5.72. The highest BCUT2D eigenvalue weighted by molar-refractivity contribution is 6.21. The molecule has 8 rings (SSSR count). The molecule has 2 fully saturated rings. The molecule has 280 valence electrons. The van der Waals surface area contributed by atoms with E-state index in [0.29, 0.717) is 17.7 Å². The highest BCUT2D eigenvalue weighted by Crippen LogP contribution is 2.42. The van der Waals surface area contributed by atoms with Crippen LogP contribution in [0.15, 0.2) is 121 Å². The van der Waals surface area contributed by atoms with Crippen LogP contribution in [0.1, 0.15) is 62.3 Å². The van der Waals surface area contributed by atoms with Crippen molar-refractivity contribution in [2.45, 2.75) is 38.6 Å². The van der Waals surface area contributed by atoms with Gasteiger partial charge < -0.3 is 19.5 Å². The van der Waals surface area contributed by atoms with E-state index in [4.69, 9.17) is 9.47 Å². The average Bonchev–Trinajstić information content (AvgIpc) is 3.47. The molecule has 5 aromatic carbocycles. The summed E-state index contributed by atoms with van der Waals surface area (Å²) in [5.41, 5.74) is 7.39. The summed E-state index contributed by atoms with van der Waals surface area (Å²) in [5.74, 6) is -0.543. The van der Waals surface area contributed by atoms with Gasteiger partial charge in [-0.3, -0.25) is 29.5 Å². The Morgan fingerprint density at radius 3 is 1.95 bits per heavy atom. The van der Waals surface area contributed by atoms with Gasteiger partial charge in [-0.05, 0) is 52.1 Å². The number of non-ortho nitro benzene ring substituents is 1. The Balaban J connectivity index is 0.995. The van der Waals surface area contributed by atoms with Crippen molar-refractivity contribution in [1.82, 2.24) is 9.80 Å². The van der Waals surface area contributed by atoms with Crippen LogP contribution in [-0.2, 0) is 22.6 Å². The van der Waals surface area contributed by atoms with E-state index in [-0.39, 0.29) is 53.7 Å². The van der Waals surface area contributed by atoms with Crippen molar-refractivity contribution >= 4 is 23.2 Å². The first-order chi connectivity index (χ1) is 26.8. The molecule has 0 spiro atoms. The number of hydrogen-bond donors (Lipinski definition) is 1. The number of imide groups is 1. The second-order valence-corrected chi connectivity index (χ2v) is 14.4. The van der Waals surface area contributed by atoms with Crippen LogP contribution in [0, 0.1) is 16.0 Å². The van der Waals surface area contributed by atoms with Crippen molar-refractivity contribution in [2.75, 3.05) is 37.6 Å². The van der Waals surface area contributed by atoms with Gasteiger partial charge >= 0.3 is 0 Å². The molecule has 11 nitrogen and oxygen atoms in total. The first kappa shape index (κ1) is 36.3. The molecule has 11 heteroatoms. The van der Waals surface area contributed by atoms with Crippen LogP contribution in [0.5, 0.6) is 0 Å². The predicted octanol–water partition coefficient (Wildman–Crippen LogP) is 7.16. The maximum absolute atomic E-state index is 13.2. The standard InChI is InChI=1S/C44H42N4O7/c1-29-40(27-45-22-24-46(25-23-45)35-18-20-36(21-19-35)48(52)53)54-44(55-41(29)32-12-10-30(28-49)11-13-32)33-16-14-31(15-17-33)37-7-3-2-6-34(37)26-47-42(50)38-8-4-5-9-39(38)43(47)51/h2-21,29,40-41,44,49H,22-28H2,1H3/t29-,40+,41+,44+/m1/s1. The number of carbonyl (C=O) groups is 2. The minimum atomic E-state index is -0.632. The Kier molecular flexibility index (Phi) is 10.3. The molecule has 2 amide bonds. The number of hydrogen-bond acceptors (Lipinski definition) is 9. The monoisotopic (exact) mass is 738 g/mol. The number of aliphatic hydroxyl groups is 1. The zero-order valence-electron chi connectivity index (χ0n) is 30.5. The van der Waals surface area contributed by atoms with Gasteiger partial charge in [0.1, 0.15) is 0 Å². The molecule has 3 aliphatic heterocycles. The lowest BCUT2D eigenvalue weighted by atomic mass is 9.89. The molecule has 3 aliphatic rings. The molecule has 0 aliphatic carbocycles. The van der Waals surface area contributed by atoms with E-state index in [1.54, 1.807) is 36.4 Å². The molecule has 0 radical (unpaired) electrons. The van der Waals surface area contributed by atoms with E-state index in [0.717, 1.165) is 65.2 Å². The summed E-state index contributed by atoms with van der Waals surface area (Å²) in [6, 6.07) is 37.4. The van der Waals surface area contributed by atoms with Crippen LogP contribution < -0.4 is 4.90 Å². The summed E-state index contributed by atoms with van der Waals surface area (Å²) >= 11 is 0. The van der Waals surface area contributed by atoms with Gasteiger partial charge in [-0.1, -0.05) is 91.9 Å². The molecule has 0 aromatic heterocycles. The summed E-state index contributed by atoms with van der Waals surface area (Å²) in [7, 11) is 0. The number of nitro benzene ring substituents is 1. The maximum Gasteiger partial charge on any atom is 0.269 e. The number of anilines is 1. The van der Waals surface area contributed by atoms with Crippen LogP contribution in [0.4, 0.5) is 11.4 Å². The number of amides is 2. The van der Waals surface area contributed by atoms with Gasteiger partial charge in [-0.2, -0.15) is 0 Å². The van der Waals surface area contributed by atoms with E-state index in [1.807, 2.05) is 84.9 Å². The van der Waals surface area contributed by atoms with Gasteiger partial charge in [0.15, 0.2) is 6.29 Å². The van der Waals surface area contributed by atoms with Crippen molar-refractivity contribution in [3.05, 3.63) is 165 Å². The molecule has 1 N–H and O–H groups in total. The normalized spacial score (nSPS) is 21.5. The Morgan fingerprint density at radius 1 is 0.727 bits per heavy atom. The van der Waals surface area contributed by atoms with Gasteiger partial charge in [-0.15, -0.1) is 0 Å². The molecular weight excluding hydrogens is 697 g/mol. The van der Waals surface area contributed by atoms with Gasteiger partial charge in [0, 0.05) is 62.0 Å². The van der Waals surface area contributed by atoms with Crippen molar-refractivity contribution in [1.29, 1.82) is 0 Å². The second-order valence-electron chi connectivity index (χ2n) is 14.4. The number of nitrogens with zero attached hydrogens (tertiary/aromatic N) is 4. The second kappa shape index (κ2) is 15.6.